The summed E-state index contributed by atoms with van der Waals surface area (Å²) in [6.07, 6.45) is 2.61. The van der Waals surface area contributed by atoms with Crippen molar-refractivity contribution in [3.63, 3.8) is 0 Å². The van der Waals surface area contributed by atoms with Crippen LogP contribution in [0.3, 0.4) is 0 Å². The summed E-state index contributed by atoms with van der Waals surface area (Å²) in [5, 5.41) is 0. The van der Waals surface area contributed by atoms with Crippen LogP contribution in [0.25, 0.3) is 0 Å². The SMILES string of the molecule is CNN[C@H]1CCCN(C)C1. The molecule has 1 fully saturated rings. The molecule has 1 rings (SSSR count). The van der Waals surface area contributed by atoms with Crippen LogP contribution in [0, 0.1) is 0 Å². The first-order valence-corrected chi connectivity index (χ1v) is 3.93. The molecule has 0 aromatic rings. The van der Waals surface area contributed by atoms with E-state index in [4.69, 9.17) is 0 Å². The lowest BCUT2D eigenvalue weighted by molar-refractivity contribution is 0.218. The highest BCUT2D eigenvalue weighted by atomic mass is 15.4. The van der Waals surface area contributed by atoms with Crippen LogP contribution in [0.15, 0.2) is 0 Å². The summed E-state index contributed by atoms with van der Waals surface area (Å²) in [6.45, 7) is 2.42. The second-order valence-electron chi connectivity index (χ2n) is 3.00. The largest absolute Gasteiger partial charge is 0.305 e. The van der Waals surface area contributed by atoms with E-state index in [9.17, 15) is 0 Å². The van der Waals surface area contributed by atoms with Crippen LogP contribution in [0.2, 0.25) is 0 Å². The van der Waals surface area contributed by atoms with Crippen LogP contribution in [0.5, 0.6) is 0 Å². The van der Waals surface area contributed by atoms with Crippen LogP contribution in [0.1, 0.15) is 12.8 Å². The molecule has 3 nitrogen and oxygen atoms in total. The molecule has 0 aromatic heterocycles. The summed E-state index contributed by atoms with van der Waals surface area (Å²) in [7, 11) is 4.10. The predicted octanol–water partition coefficient (Wildman–Crippen LogP) is -0.195. The summed E-state index contributed by atoms with van der Waals surface area (Å²) in [5.41, 5.74) is 6.20. The lowest BCUT2D eigenvalue weighted by Crippen LogP contribution is -2.48. The summed E-state index contributed by atoms with van der Waals surface area (Å²) < 4.78 is 0. The molecule has 1 saturated heterocycles. The van der Waals surface area contributed by atoms with E-state index in [1.165, 1.54) is 25.9 Å². The zero-order valence-electron chi connectivity index (χ0n) is 6.85. The fourth-order valence-electron chi connectivity index (χ4n) is 1.49. The summed E-state index contributed by atoms with van der Waals surface area (Å²) in [6, 6.07) is 0.642. The molecule has 0 amide bonds. The van der Waals surface area contributed by atoms with Gasteiger partial charge in [0, 0.05) is 12.6 Å². The molecule has 0 bridgehead atoms. The summed E-state index contributed by atoms with van der Waals surface area (Å²) in [4.78, 5) is 2.36. The van der Waals surface area contributed by atoms with Crippen molar-refractivity contribution in [2.45, 2.75) is 18.9 Å². The minimum atomic E-state index is 0.642. The highest BCUT2D eigenvalue weighted by Gasteiger charge is 2.15. The fourth-order valence-corrected chi connectivity index (χ4v) is 1.49. The maximum Gasteiger partial charge on any atom is 0.0340 e. The number of nitrogens with one attached hydrogen (secondary N) is 2. The van der Waals surface area contributed by atoms with E-state index in [0.29, 0.717) is 6.04 Å². The Morgan fingerprint density at radius 3 is 2.90 bits per heavy atom. The van der Waals surface area contributed by atoms with Crippen molar-refractivity contribution in [2.24, 2.45) is 0 Å². The molecule has 1 aliphatic heterocycles. The van der Waals surface area contributed by atoms with Gasteiger partial charge in [0.15, 0.2) is 0 Å². The van der Waals surface area contributed by atoms with Gasteiger partial charge in [0.05, 0.1) is 0 Å². The number of hydrogen-bond acceptors (Lipinski definition) is 3. The molecule has 10 heavy (non-hydrogen) atoms. The molecule has 3 heteroatoms. The van der Waals surface area contributed by atoms with Gasteiger partial charge in [-0.25, -0.2) is 0 Å². The Hall–Kier alpha value is -0.120. The van der Waals surface area contributed by atoms with Crippen LogP contribution in [0.4, 0.5) is 0 Å². The molecule has 1 heterocycles. The smallest absolute Gasteiger partial charge is 0.0340 e. The normalized spacial score (nSPS) is 28.8. The molecule has 2 N–H and O–H groups in total. The number of likely N-dealkylation sites (tertiary alicyclic amines) is 1. The Kier molecular flexibility index (Phi) is 3.12. The molecule has 1 atom stereocenters. The van der Waals surface area contributed by atoms with Gasteiger partial charge in [-0.2, -0.15) is 0 Å². The van der Waals surface area contributed by atoms with E-state index in [0.717, 1.165) is 0 Å². The molecule has 0 saturated carbocycles. The summed E-state index contributed by atoms with van der Waals surface area (Å²) >= 11 is 0. The van der Waals surface area contributed by atoms with Crippen LogP contribution >= 0.6 is 0 Å². The first-order chi connectivity index (χ1) is 4.83. The number of nitrogens with zero attached hydrogens (tertiary/aromatic N) is 1. The van der Waals surface area contributed by atoms with Gasteiger partial charge in [0.25, 0.3) is 0 Å². The van der Waals surface area contributed by atoms with Crippen molar-refractivity contribution >= 4 is 0 Å². The van der Waals surface area contributed by atoms with E-state index in [1.807, 2.05) is 7.05 Å². The van der Waals surface area contributed by atoms with E-state index in [-0.39, 0.29) is 0 Å². The maximum atomic E-state index is 3.22. The van der Waals surface area contributed by atoms with Crippen molar-refractivity contribution in [1.29, 1.82) is 0 Å². The number of hydrogen-bond donors (Lipinski definition) is 2. The third-order valence-corrected chi connectivity index (χ3v) is 1.97. The monoisotopic (exact) mass is 143 g/mol. The average molecular weight is 143 g/mol. The van der Waals surface area contributed by atoms with Gasteiger partial charge < -0.3 is 4.90 Å². The molecule has 0 radical (unpaired) electrons. The van der Waals surface area contributed by atoms with E-state index < -0.39 is 0 Å². The Labute approximate surface area is 62.8 Å². The van der Waals surface area contributed by atoms with Crippen molar-refractivity contribution in [2.75, 3.05) is 27.2 Å². The van der Waals surface area contributed by atoms with E-state index >= 15 is 0 Å². The van der Waals surface area contributed by atoms with Crippen LogP contribution < -0.4 is 10.9 Å². The lowest BCUT2D eigenvalue weighted by Gasteiger charge is -2.29. The van der Waals surface area contributed by atoms with Gasteiger partial charge in [-0.3, -0.25) is 10.9 Å². The van der Waals surface area contributed by atoms with Gasteiger partial charge in [-0.15, -0.1) is 0 Å². The molecule has 60 valence electrons. The quantitative estimate of drug-likeness (QED) is 0.524. The maximum absolute atomic E-state index is 3.22. The molecular formula is C7H17N3. The minimum Gasteiger partial charge on any atom is -0.305 e. The highest BCUT2D eigenvalue weighted by molar-refractivity contribution is 4.73. The topological polar surface area (TPSA) is 27.3 Å². The standard InChI is InChI=1S/C7H17N3/c1-8-9-7-4-3-5-10(2)6-7/h7-9H,3-6H2,1-2H3/t7-/m0/s1. The van der Waals surface area contributed by atoms with Gasteiger partial charge in [-0.05, 0) is 33.5 Å². The van der Waals surface area contributed by atoms with Gasteiger partial charge in [0.2, 0.25) is 0 Å². The molecule has 0 spiro atoms. The van der Waals surface area contributed by atoms with Crippen molar-refractivity contribution in [3.8, 4) is 0 Å². The van der Waals surface area contributed by atoms with Crippen molar-refractivity contribution < 1.29 is 0 Å². The number of hydrazine groups is 1. The number of piperidine rings is 1. The second kappa shape index (κ2) is 3.91. The molecular weight excluding hydrogens is 126 g/mol. The first kappa shape index (κ1) is 7.98. The Morgan fingerprint density at radius 1 is 1.50 bits per heavy atom. The lowest BCUT2D eigenvalue weighted by atomic mass is 10.1. The molecule has 0 unspecified atom stereocenters. The molecule has 0 aliphatic carbocycles. The second-order valence-corrected chi connectivity index (χ2v) is 3.00. The van der Waals surface area contributed by atoms with Crippen LogP contribution in [-0.4, -0.2) is 38.1 Å². The molecule has 1 aliphatic rings. The predicted molar refractivity (Wildman–Crippen MR) is 42.7 cm³/mol. The zero-order chi connectivity index (χ0) is 7.40. The Bertz CT molecular complexity index is 92.9. The Morgan fingerprint density at radius 2 is 2.30 bits per heavy atom. The van der Waals surface area contributed by atoms with E-state index in [1.54, 1.807) is 0 Å². The van der Waals surface area contributed by atoms with E-state index in [2.05, 4.69) is 22.8 Å². The van der Waals surface area contributed by atoms with Gasteiger partial charge in [-0.1, -0.05) is 0 Å². The highest BCUT2D eigenvalue weighted by Crippen LogP contribution is 2.06. The number of likely N-dealkylation sites (N-methyl/N-ethyl adjacent to an activating group) is 1. The Balaban J connectivity index is 2.18. The fraction of sp³-hybridized carbons (Fsp3) is 1.00. The molecule has 0 aromatic carbocycles. The number of rotatable bonds is 2. The minimum absolute atomic E-state index is 0.642. The zero-order valence-corrected chi connectivity index (χ0v) is 6.85. The first-order valence-electron chi connectivity index (χ1n) is 3.93. The van der Waals surface area contributed by atoms with Gasteiger partial charge in [0.1, 0.15) is 0 Å². The summed E-state index contributed by atoms with van der Waals surface area (Å²) in [5.74, 6) is 0. The van der Waals surface area contributed by atoms with Crippen molar-refractivity contribution in [1.82, 2.24) is 15.8 Å². The average Bonchev–Trinajstić information content (AvgIpc) is 1.88. The third kappa shape index (κ3) is 2.25. The third-order valence-electron chi connectivity index (χ3n) is 1.97. The van der Waals surface area contributed by atoms with Crippen molar-refractivity contribution in [3.05, 3.63) is 0 Å². The van der Waals surface area contributed by atoms with Crippen LogP contribution in [-0.2, 0) is 0 Å². The van der Waals surface area contributed by atoms with Gasteiger partial charge >= 0.3 is 0 Å².